The first-order valence-electron chi connectivity index (χ1n) is 11.5. The van der Waals surface area contributed by atoms with Gasteiger partial charge >= 0.3 is 0 Å². The summed E-state index contributed by atoms with van der Waals surface area (Å²) in [4.78, 5) is 23.7. The molecule has 10 heteroatoms. The van der Waals surface area contributed by atoms with Crippen LogP contribution in [0.4, 0.5) is 11.4 Å². The van der Waals surface area contributed by atoms with Crippen LogP contribution in [0.15, 0.2) is 76.6 Å². The molecule has 0 unspecified atom stereocenters. The Morgan fingerprint density at radius 1 is 1.08 bits per heavy atom. The van der Waals surface area contributed by atoms with Crippen molar-refractivity contribution < 1.29 is 22.4 Å². The lowest BCUT2D eigenvalue weighted by Gasteiger charge is -2.25. The summed E-state index contributed by atoms with van der Waals surface area (Å²) in [6, 6.07) is 16.8. The van der Waals surface area contributed by atoms with Gasteiger partial charge in [-0.05, 0) is 60.9 Å². The Balaban J connectivity index is 1.79. The number of hydrogen-bond donors (Lipinski definition) is 1. The molecule has 2 heterocycles. The lowest BCUT2D eigenvalue weighted by Crippen LogP contribution is -2.27. The predicted octanol–water partition coefficient (Wildman–Crippen LogP) is 4.56. The average molecular weight is 521 g/mol. The van der Waals surface area contributed by atoms with E-state index >= 15 is 0 Å². The number of ether oxygens (including phenoxy) is 1. The minimum atomic E-state index is -3.76. The highest BCUT2D eigenvalue weighted by Gasteiger charge is 2.24. The normalized spacial score (nSPS) is 11.2. The van der Waals surface area contributed by atoms with E-state index in [1.54, 1.807) is 19.4 Å². The van der Waals surface area contributed by atoms with E-state index in [2.05, 4.69) is 15.3 Å². The van der Waals surface area contributed by atoms with Crippen LogP contribution in [-0.4, -0.2) is 37.7 Å². The Labute approximate surface area is 216 Å². The zero-order chi connectivity index (χ0) is 26.6. The van der Waals surface area contributed by atoms with Crippen molar-refractivity contribution in [2.45, 2.75) is 32.1 Å². The van der Waals surface area contributed by atoms with E-state index in [9.17, 15) is 13.2 Å². The number of carbonyl (C=O) groups excluding carboxylic acids is 1. The Bertz CT molecular complexity index is 1500. The second kappa shape index (κ2) is 10.8. The first-order valence-corrected chi connectivity index (χ1v) is 13.4. The summed E-state index contributed by atoms with van der Waals surface area (Å²) in [6.07, 6.45) is 3.94. The summed E-state index contributed by atoms with van der Waals surface area (Å²) >= 11 is 0. The van der Waals surface area contributed by atoms with Crippen LogP contribution in [-0.2, 0) is 22.9 Å². The molecular formula is C27H28N4O5S. The van der Waals surface area contributed by atoms with E-state index in [0.29, 0.717) is 30.2 Å². The standard InChI is InChI=1S/C27H28N4O5S/c1-18-7-8-19(2)23(14-18)29-26(32)25-24(15-28-27(30-25)37(4,33)34)31(17-22-6-5-13-36-22)16-20-9-11-21(35-3)12-10-20/h5-15H,16-17H2,1-4H3,(H,29,32). The quantitative estimate of drug-likeness (QED) is 0.320. The summed E-state index contributed by atoms with van der Waals surface area (Å²) in [6.45, 7) is 4.47. The van der Waals surface area contributed by atoms with Gasteiger partial charge in [-0.3, -0.25) is 4.79 Å². The largest absolute Gasteiger partial charge is 0.497 e. The number of furan rings is 1. The Morgan fingerprint density at radius 3 is 2.49 bits per heavy atom. The molecule has 0 fully saturated rings. The number of anilines is 2. The number of nitrogens with one attached hydrogen (secondary N) is 1. The van der Waals surface area contributed by atoms with Crippen LogP contribution in [0.5, 0.6) is 5.75 Å². The van der Waals surface area contributed by atoms with Crippen molar-refractivity contribution in [1.82, 2.24) is 9.97 Å². The van der Waals surface area contributed by atoms with Gasteiger partial charge in [-0.2, -0.15) is 0 Å². The lowest BCUT2D eigenvalue weighted by atomic mass is 10.1. The number of hydrogen-bond acceptors (Lipinski definition) is 8. The third-order valence-electron chi connectivity index (χ3n) is 5.74. The molecule has 0 aliphatic rings. The summed E-state index contributed by atoms with van der Waals surface area (Å²) in [5, 5.41) is 2.46. The van der Waals surface area contributed by atoms with Gasteiger partial charge in [0.2, 0.25) is 15.0 Å². The van der Waals surface area contributed by atoms with Crippen LogP contribution >= 0.6 is 0 Å². The number of carbonyl (C=O) groups is 1. The van der Waals surface area contributed by atoms with Gasteiger partial charge in [-0.1, -0.05) is 24.3 Å². The van der Waals surface area contributed by atoms with Crippen LogP contribution in [0.2, 0.25) is 0 Å². The topological polar surface area (TPSA) is 115 Å². The van der Waals surface area contributed by atoms with Gasteiger partial charge in [0.15, 0.2) is 5.69 Å². The number of sulfone groups is 1. The summed E-state index contributed by atoms with van der Waals surface area (Å²) in [5.41, 5.74) is 3.69. The summed E-state index contributed by atoms with van der Waals surface area (Å²) in [7, 11) is -2.16. The average Bonchev–Trinajstić information content (AvgIpc) is 3.38. The first-order chi connectivity index (χ1) is 17.6. The van der Waals surface area contributed by atoms with Crippen molar-refractivity contribution in [3.05, 3.63) is 95.2 Å². The van der Waals surface area contributed by atoms with Crippen molar-refractivity contribution in [2.24, 2.45) is 0 Å². The molecular weight excluding hydrogens is 492 g/mol. The smallest absolute Gasteiger partial charge is 0.276 e. The molecule has 0 saturated carbocycles. The summed E-state index contributed by atoms with van der Waals surface area (Å²) in [5.74, 6) is 0.826. The van der Waals surface area contributed by atoms with E-state index < -0.39 is 20.9 Å². The zero-order valence-corrected chi connectivity index (χ0v) is 21.9. The molecule has 192 valence electrons. The van der Waals surface area contributed by atoms with Gasteiger partial charge in [0.25, 0.3) is 5.91 Å². The molecule has 0 bridgehead atoms. The third-order valence-corrected chi connectivity index (χ3v) is 6.60. The molecule has 2 aromatic heterocycles. The monoisotopic (exact) mass is 520 g/mol. The Hall–Kier alpha value is -4.18. The minimum Gasteiger partial charge on any atom is -0.497 e. The predicted molar refractivity (Wildman–Crippen MR) is 141 cm³/mol. The molecule has 2 aromatic carbocycles. The number of aryl methyl sites for hydroxylation is 2. The Kier molecular flexibility index (Phi) is 7.58. The van der Waals surface area contributed by atoms with E-state index in [1.807, 2.05) is 67.3 Å². The number of rotatable bonds is 9. The van der Waals surface area contributed by atoms with Crippen molar-refractivity contribution in [1.29, 1.82) is 0 Å². The molecule has 37 heavy (non-hydrogen) atoms. The number of amides is 1. The fourth-order valence-electron chi connectivity index (χ4n) is 3.76. The number of nitrogens with zero attached hydrogens (tertiary/aromatic N) is 3. The maximum Gasteiger partial charge on any atom is 0.276 e. The van der Waals surface area contributed by atoms with Gasteiger partial charge in [0.1, 0.15) is 11.5 Å². The Morgan fingerprint density at radius 2 is 1.84 bits per heavy atom. The van der Waals surface area contributed by atoms with E-state index in [0.717, 1.165) is 28.7 Å². The van der Waals surface area contributed by atoms with Gasteiger partial charge in [0.05, 0.1) is 31.8 Å². The first kappa shape index (κ1) is 25.9. The number of aromatic nitrogens is 2. The van der Waals surface area contributed by atoms with Gasteiger partial charge in [-0.15, -0.1) is 0 Å². The molecule has 0 spiro atoms. The fourth-order valence-corrected chi connectivity index (χ4v) is 4.26. The number of methoxy groups -OCH3 is 1. The van der Waals surface area contributed by atoms with Crippen molar-refractivity contribution >= 4 is 27.1 Å². The summed E-state index contributed by atoms with van der Waals surface area (Å²) < 4.78 is 35.3. The van der Waals surface area contributed by atoms with E-state index in [1.165, 1.54) is 6.20 Å². The second-order valence-corrected chi connectivity index (χ2v) is 10.6. The van der Waals surface area contributed by atoms with Crippen molar-refractivity contribution in [2.75, 3.05) is 23.6 Å². The SMILES string of the molecule is COc1ccc(CN(Cc2ccco2)c2cnc(S(C)(=O)=O)nc2C(=O)Nc2cc(C)ccc2C)cc1. The van der Waals surface area contributed by atoms with Crippen LogP contribution < -0.4 is 15.0 Å². The van der Waals surface area contributed by atoms with E-state index in [-0.39, 0.29) is 5.69 Å². The molecule has 4 aromatic rings. The zero-order valence-electron chi connectivity index (χ0n) is 21.1. The molecule has 0 aliphatic heterocycles. The van der Waals surface area contributed by atoms with Crippen molar-refractivity contribution in [3.8, 4) is 5.75 Å². The molecule has 9 nitrogen and oxygen atoms in total. The molecule has 0 aliphatic carbocycles. The lowest BCUT2D eigenvalue weighted by molar-refractivity contribution is 0.102. The number of benzene rings is 2. The second-order valence-electron chi connectivity index (χ2n) is 8.71. The molecule has 0 radical (unpaired) electrons. The maximum atomic E-state index is 13.6. The van der Waals surface area contributed by atoms with Gasteiger partial charge < -0.3 is 19.4 Å². The highest BCUT2D eigenvalue weighted by atomic mass is 32.2. The van der Waals surface area contributed by atoms with Crippen molar-refractivity contribution in [3.63, 3.8) is 0 Å². The molecule has 1 N–H and O–H groups in total. The molecule has 4 rings (SSSR count). The highest BCUT2D eigenvalue weighted by molar-refractivity contribution is 7.90. The minimum absolute atomic E-state index is 0.0589. The van der Waals surface area contributed by atoms with E-state index in [4.69, 9.17) is 9.15 Å². The van der Waals surface area contributed by atoms with Crippen LogP contribution in [0.3, 0.4) is 0 Å². The van der Waals surface area contributed by atoms with Crippen LogP contribution in [0.25, 0.3) is 0 Å². The molecule has 0 saturated heterocycles. The third kappa shape index (κ3) is 6.34. The van der Waals surface area contributed by atoms with Gasteiger partial charge in [-0.25, -0.2) is 18.4 Å². The maximum absolute atomic E-state index is 13.6. The van der Waals surface area contributed by atoms with Gasteiger partial charge in [0, 0.05) is 18.5 Å². The van der Waals surface area contributed by atoms with Crippen LogP contribution in [0, 0.1) is 13.8 Å². The fraction of sp³-hybridized carbons (Fsp3) is 0.222. The molecule has 0 atom stereocenters. The molecule has 1 amide bonds. The van der Waals surface area contributed by atoms with Crippen LogP contribution in [0.1, 0.15) is 32.9 Å². The highest BCUT2D eigenvalue weighted by Crippen LogP contribution is 2.26.